The van der Waals surface area contributed by atoms with E-state index in [0.29, 0.717) is 32.6 Å². The molecule has 1 aromatic rings. The van der Waals surface area contributed by atoms with Gasteiger partial charge in [0.05, 0.1) is 6.26 Å². The molecule has 0 atom stereocenters. The maximum atomic E-state index is 13.1. The number of halogens is 1. The molecule has 114 valence electrons. The van der Waals surface area contributed by atoms with E-state index >= 15 is 0 Å². The summed E-state index contributed by atoms with van der Waals surface area (Å²) in [6.45, 7) is 3.83. The van der Waals surface area contributed by atoms with Crippen molar-refractivity contribution in [1.82, 2.24) is 9.62 Å². The molecule has 0 saturated carbocycles. The van der Waals surface area contributed by atoms with Gasteiger partial charge in [-0.25, -0.2) is 17.1 Å². The lowest BCUT2D eigenvalue weighted by molar-refractivity contribution is 0.418. The summed E-state index contributed by atoms with van der Waals surface area (Å²) in [5.74, 6) is -1.00. The smallest absolute Gasteiger partial charge is 0.211 e. The maximum Gasteiger partial charge on any atom is 0.211 e. The molecule has 0 heterocycles. The minimum atomic E-state index is -3.14. The van der Waals surface area contributed by atoms with Gasteiger partial charge >= 0.3 is 0 Å². The minimum absolute atomic E-state index is 0.361. The summed E-state index contributed by atoms with van der Waals surface area (Å²) in [7, 11) is -3.14. The summed E-state index contributed by atoms with van der Waals surface area (Å²) in [6.07, 6.45) is 1.88. The Labute approximate surface area is 119 Å². The molecule has 0 fully saturated rings. The Morgan fingerprint density at radius 1 is 1.40 bits per heavy atom. The zero-order chi connectivity index (χ0) is 15.2. The van der Waals surface area contributed by atoms with Gasteiger partial charge in [-0.15, -0.1) is 0 Å². The van der Waals surface area contributed by atoms with Crippen LogP contribution in [0.4, 0.5) is 4.39 Å². The quantitative estimate of drug-likeness (QED) is 0.710. The SMILES string of the molecule is CCN(CCCNCc1ccc(O)c(F)c1)S(C)(=O)=O. The Morgan fingerprint density at radius 2 is 2.10 bits per heavy atom. The minimum Gasteiger partial charge on any atom is -0.505 e. The summed E-state index contributed by atoms with van der Waals surface area (Å²) in [5.41, 5.74) is 0.732. The Hall–Kier alpha value is -1.18. The van der Waals surface area contributed by atoms with Crippen LogP contribution in [-0.2, 0) is 16.6 Å². The van der Waals surface area contributed by atoms with Crippen molar-refractivity contribution in [2.75, 3.05) is 25.9 Å². The molecule has 0 aliphatic carbocycles. The van der Waals surface area contributed by atoms with Crippen molar-refractivity contribution in [1.29, 1.82) is 0 Å². The van der Waals surface area contributed by atoms with Crippen LogP contribution in [-0.4, -0.2) is 43.7 Å². The number of phenols is 1. The first-order valence-electron chi connectivity index (χ1n) is 6.48. The van der Waals surface area contributed by atoms with Crippen molar-refractivity contribution >= 4 is 10.0 Å². The molecule has 0 aromatic heterocycles. The highest BCUT2D eigenvalue weighted by molar-refractivity contribution is 7.88. The third-order valence-electron chi connectivity index (χ3n) is 2.92. The van der Waals surface area contributed by atoms with E-state index in [2.05, 4.69) is 5.32 Å². The fourth-order valence-electron chi connectivity index (χ4n) is 1.83. The number of benzene rings is 1. The third-order valence-corrected chi connectivity index (χ3v) is 4.30. The van der Waals surface area contributed by atoms with Crippen LogP contribution >= 0.6 is 0 Å². The van der Waals surface area contributed by atoms with Crippen molar-refractivity contribution < 1.29 is 17.9 Å². The molecule has 0 amide bonds. The highest BCUT2D eigenvalue weighted by Gasteiger charge is 2.12. The van der Waals surface area contributed by atoms with Crippen LogP contribution in [0.5, 0.6) is 5.75 Å². The van der Waals surface area contributed by atoms with Crippen molar-refractivity contribution in [3.05, 3.63) is 29.6 Å². The predicted molar refractivity (Wildman–Crippen MR) is 76.5 cm³/mol. The first-order chi connectivity index (χ1) is 9.34. The number of sulfonamides is 1. The lowest BCUT2D eigenvalue weighted by atomic mass is 10.2. The van der Waals surface area contributed by atoms with Gasteiger partial charge in [-0.3, -0.25) is 0 Å². The Morgan fingerprint density at radius 3 is 2.65 bits per heavy atom. The molecule has 0 radical (unpaired) electrons. The number of hydrogen-bond acceptors (Lipinski definition) is 4. The van der Waals surface area contributed by atoms with E-state index in [4.69, 9.17) is 5.11 Å². The highest BCUT2D eigenvalue weighted by Crippen LogP contribution is 2.15. The zero-order valence-electron chi connectivity index (χ0n) is 11.8. The fraction of sp³-hybridized carbons (Fsp3) is 0.538. The van der Waals surface area contributed by atoms with Gasteiger partial charge in [-0.05, 0) is 30.7 Å². The van der Waals surface area contributed by atoms with Crippen LogP contribution in [0, 0.1) is 5.82 Å². The molecule has 0 aliphatic heterocycles. The largest absolute Gasteiger partial charge is 0.505 e. The second-order valence-corrected chi connectivity index (χ2v) is 6.55. The number of rotatable bonds is 8. The Kier molecular flexibility index (Phi) is 6.38. The molecule has 1 rings (SSSR count). The van der Waals surface area contributed by atoms with Crippen LogP contribution in [0.2, 0.25) is 0 Å². The number of hydrogen-bond donors (Lipinski definition) is 2. The first-order valence-corrected chi connectivity index (χ1v) is 8.32. The lowest BCUT2D eigenvalue weighted by Crippen LogP contribution is -2.32. The number of aromatic hydroxyl groups is 1. The van der Waals surface area contributed by atoms with Crippen LogP contribution in [0.3, 0.4) is 0 Å². The number of phenolic OH excluding ortho intramolecular Hbond substituents is 1. The Balaban J connectivity index is 2.30. The Bertz CT molecular complexity index is 534. The number of nitrogens with zero attached hydrogens (tertiary/aromatic N) is 1. The predicted octanol–water partition coefficient (Wildman–Crippen LogP) is 1.29. The van der Waals surface area contributed by atoms with E-state index in [1.165, 1.54) is 22.7 Å². The first kappa shape index (κ1) is 16.9. The maximum absolute atomic E-state index is 13.1. The summed E-state index contributed by atoms with van der Waals surface area (Å²) in [6, 6.07) is 4.23. The van der Waals surface area contributed by atoms with Gasteiger partial charge < -0.3 is 10.4 Å². The van der Waals surface area contributed by atoms with Crippen molar-refractivity contribution in [2.24, 2.45) is 0 Å². The van der Waals surface area contributed by atoms with E-state index in [1.54, 1.807) is 13.0 Å². The molecule has 0 saturated heterocycles. The topological polar surface area (TPSA) is 69.6 Å². The van der Waals surface area contributed by atoms with Crippen LogP contribution in [0.25, 0.3) is 0 Å². The molecule has 20 heavy (non-hydrogen) atoms. The normalized spacial score (nSPS) is 12.0. The summed E-state index contributed by atoms with van der Waals surface area (Å²) < 4.78 is 37.2. The molecule has 2 N–H and O–H groups in total. The molecule has 7 heteroatoms. The summed E-state index contributed by atoms with van der Waals surface area (Å²) in [5, 5.41) is 12.2. The second kappa shape index (κ2) is 7.56. The molecule has 1 aromatic carbocycles. The highest BCUT2D eigenvalue weighted by atomic mass is 32.2. The van der Waals surface area contributed by atoms with Crippen molar-refractivity contribution in [3.63, 3.8) is 0 Å². The average molecular weight is 304 g/mol. The fourth-order valence-corrected chi connectivity index (χ4v) is 2.76. The van der Waals surface area contributed by atoms with Gasteiger partial charge in [0.25, 0.3) is 0 Å². The molecular weight excluding hydrogens is 283 g/mol. The molecule has 5 nitrogen and oxygen atoms in total. The van der Waals surface area contributed by atoms with Gasteiger partial charge in [0.1, 0.15) is 0 Å². The summed E-state index contributed by atoms with van der Waals surface area (Å²) in [4.78, 5) is 0. The molecular formula is C13H21FN2O3S. The van der Waals surface area contributed by atoms with Crippen LogP contribution in [0.1, 0.15) is 18.9 Å². The lowest BCUT2D eigenvalue weighted by Gasteiger charge is -2.17. The van der Waals surface area contributed by atoms with Gasteiger partial charge in [-0.2, -0.15) is 0 Å². The van der Waals surface area contributed by atoms with E-state index < -0.39 is 15.8 Å². The number of nitrogens with one attached hydrogen (secondary N) is 1. The van der Waals surface area contributed by atoms with Gasteiger partial charge in [0.15, 0.2) is 11.6 Å². The van der Waals surface area contributed by atoms with Gasteiger partial charge in [0, 0.05) is 19.6 Å². The molecule has 0 unspecified atom stereocenters. The second-order valence-electron chi connectivity index (χ2n) is 4.57. The zero-order valence-corrected chi connectivity index (χ0v) is 12.6. The van der Waals surface area contributed by atoms with Crippen LogP contribution < -0.4 is 5.32 Å². The van der Waals surface area contributed by atoms with Crippen LogP contribution in [0.15, 0.2) is 18.2 Å². The van der Waals surface area contributed by atoms with E-state index in [1.807, 2.05) is 0 Å². The van der Waals surface area contributed by atoms with Gasteiger partial charge in [0.2, 0.25) is 10.0 Å². The molecule has 0 spiro atoms. The average Bonchev–Trinajstić information content (AvgIpc) is 2.36. The monoisotopic (exact) mass is 304 g/mol. The van der Waals surface area contributed by atoms with E-state index in [9.17, 15) is 12.8 Å². The third kappa shape index (κ3) is 5.44. The molecule has 0 bridgehead atoms. The molecule has 0 aliphatic rings. The van der Waals surface area contributed by atoms with Crippen molar-refractivity contribution in [3.8, 4) is 5.75 Å². The van der Waals surface area contributed by atoms with E-state index in [0.717, 1.165) is 5.56 Å². The van der Waals surface area contributed by atoms with Gasteiger partial charge in [-0.1, -0.05) is 13.0 Å². The summed E-state index contributed by atoms with van der Waals surface area (Å²) >= 11 is 0. The van der Waals surface area contributed by atoms with E-state index in [-0.39, 0.29) is 5.75 Å². The van der Waals surface area contributed by atoms with Crippen molar-refractivity contribution in [2.45, 2.75) is 19.9 Å². The standard InChI is InChI=1S/C13H21FN2O3S/c1-3-16(20(2,18)19)8-4-7-15-10-11-5-6-13(17)12(14)9-11/h5-6,9,15,17H,3-4,7-8,10H2,1-2H3.